The molecule has 0 amide bonds. The van der Waals surface area contributed by atoms with E-state index in [0.29, 0.717) is 12.1 Å². The smallest absolute Gasteiger partial charge is 0.0649 e. The van der Waals surface area contributed by atoms with Gasteiger partial charge in [-0.05, 0) is 49.1 Å². The van der Waals surface area contributed by atoms with Crippen LogP contribution in [0.3, 0.4) is 0 Å². The zero-order valence-electron chi connectivity index (χ0n) is 11.9. The van der Waals surface area contributed by atoms with Crippen LogP contribution in [0.5, 0.6) is 0 Å². The van der Waals surface area contributed by atoms with Crippen LogP contribution >= 0.6 is 23.1 Å². The molecular weight excluding hydrogens is 258 g/mol. The second kappa shape index (κ2) is 6.44. The predicted molar refractivity (Wildman–Crippen MR) is 83.7 cm³/mol. The molecule has 3 heteroatoms. The van der Waals surface area contributed by atoms with Gasteiger partial charge in [-0.15, -0.1) is 23.1 Å². The number of rotatable bonds is 5. The fourth-order valence-electron chi connectivity index (χ4n) is 2.52. The van der Waals surface area contributed by atoms with Crippen molar-refractivity contribution in [2.24, 2.45) is 5.92 Å². The Bertz CT molecular complexity index is 372. The highest BCUT2D eigenvalue weighted by Crippen LogP contribution is 2.43. The van der Waals surface area contributed by atoms with Gasteiger partial charge in [0.25, 0.3) is 0 Å². The van der Waals surface area contributed by atoms with Crippen LogP contribution in [0.2, 0.25) is 0 Å². The lowest BCUT2D eigenvalue weighted by Crippen LogP contribution is -2.33. The van der Waals surface area contributed by atoms with E-state index < -0.39 is 0 Å². The maximum Gasteiger partial charge on any atom is 0.0649 e. The molecule has 1 aromatic rings. The summed E-state index contributed by atoms with van der Waals surface area (Å²) in [6.07, 6.45) is 3.87. The first-order chi connectivity index (χ1) is 8.56. The Morgan fingerprint density at radius 1 is 1.33 bits per heavy atom. The number of thioether (sulfide) groups is 1. The van der Waals surface area contributed by atoms with E-state index in [1.165, 1.54) is 23.5 Å². The molecule has 1 nitrogen and oxygen atoms in total. The highest BCUT2D eigenvalue weighted by molar-refractivity contribution is 8.01. The van der Waals surface area contributed by atoms with E-state index in [-0.39, 0.29) is 0 Å². The van der Waals surface area contributed by atoms with Gasteiger partial charge < -0.3 is 5.32 Å². The highest BCUT2D eigenvalue weighted by Gasteiger charge is 2.26. The Morgan fingerprint density at radius 3 is 2.83 bits per heavy atom. The first kappa shape index (κ1) is 14.4. The van der Waals surface area contributed by atoms with Crippen LogP contribution in [-0.2, 0) is 0 Å². The third-order valence-electron chi connectivity index (χ3n) is 3.57. The van der Waals surface area contributed by atoms with Gasteiger partial charge in [-0.3, -0.25) is 0 Å². The summed E-state index contributed by atoms with van der Waals surface area (Å²) in [6, 6.07) is 3.51. The molecule has 1 aliphatic heterocycles. The van der Waals surface area contributed by atoms with Crippen molar-refractivity contribution >= 4 is 23.1 Å². The minimum Gasteiger partial charge on any atom is -0.307 e. The summed E-state index contributed by atoms with van der Waals surface area (Å²) in [5.41, 5.74) is 1.54. The molecule has 1 aliphatic rings. The fourth-order valence-corrected chi connectivity index (χ4v) is 5.08. The third kappa shape index (κ3) is 3.75. The SMILES string of the molecule is CC(C)CCC(C)NC1C[C@H](C)Sc2sccc21. The molecule has 2 heterocycles. The molecule has 2 rings (SSSR count). The minimum absolute atomic E-state index is 0.574. The number of fused-ring (bicyclic) bond motifs is 1. The van der Waals surface area contributed by atoms with Crippen molar-refractivity contribution < 1.29 is 0 Å². The molecule has 3 atom stereocenters. The average Bonchev–Trinajstić information content (AvgIpc) is 2.74. The van der Waals surface area contributed by atoms with Crippen molar-refractivity contribution in [3.8, 4) is 0 Å². The van der Waals surface area contributed by atoms with E-state index in [4.69, 9.17) is 0 Å². The zero-order valence-corrected chi connectivity index (χ0v) is 13.5. The number of hydrogen-bond donors (Lipinski definition) is 1. The standard InChI is InChI=1S/C15H25NS2/c1-10(2)5-6-11(3)16-14-9-12(4)18-15-13(14)7-8-17-15/h7-8,10-12,14,16H,5-6,9H2,1-4H3/t11?,12-,14?/m0/s1. The molecular formula is C15H25NS2. The van der Waals surface area contributed by atoms with Gasteiger partial charge in [0.1, 0.15) is 0 Å². The topological polar surface area (TPSA) is 12.0 Å². The number of thiophene rings is 1. The fraction of sp³-hybridized carbons (Fsp3) is 0.733. The summed E-state index contributed by atoms with van der Waals surface area (Å²) in [6.45, 7) is 9.30. The van der Waals surface area contributed by atoms with Gasteiger partial charge in [0.15, 0.2) is 0 Å². The van der Waals surface area contributed by atoms with Crippen LogP contribution in [0.15, 0.2) is 15.7 Å². The molecule has 0 radical (unpaired) electrons. The van der Waals surface area contributed by atoms with E-state index in [1.807, 2.05) is 23.1 Å². The highest BCUT2D eigenvalue weighted by atomic mass is 32.2. The Hall–Kier alpha value is 0.0100. The van der Waals surface area contributed by atoms with Crippen LogP contribution in [0, 0.1) is 5.92 Å². The second-order valence-corrected chi connectivity index (χ2v) is 8.54. The summed E-state index contributed by atoms with van der Waals surface area (Å²) in [4.78, 5) is 0. The minimum atomic E-state index is 0.574. The lowest BCUT2D eigenvalue weighted by atomic mass is 10.0. The molecule has 0 aliphatic carbocycles. The van der Waals surface area contributed by atoms with Crippen molar-refractivity contribution in [2.45, 2.75) is 68.5 Å². The Morgan fingerprint density at radius 2 is 2.11 bits per heavy atom. The third-order valence-corrected chi connectivity index (χ3v) is 5.92. The molecule has 1 aromatic heterocycles. The molecule has 0 saturated heterocycles. The summed E-state index contributed by atoms with van der Waals surface area (Å²) in [7, 11) is 0. The van der Waals surface area contributed by atoms with Gasteiger partial charge in [-0.2, -0.15) is 0 Å². The number of hydrogen-bond acceptors (Lipinski definition) is 3. The first-order valence-electron chi connectivity index (χ1n) is 7.06. The zero-order chi connectivity index (χ0) is 13.1. The predicted octanol–water partition coefficient (Wildman–Crippen LogP) is 5.09. The van der Waals surface area contributed by atoms with E-state index in [1.54, 1.807) is 5.56 Å². The molecule has 0 aromatic carbocycles. The largest absolute Gasteiger partial charge is 0.307 e. The van der Waals surface area contributed by atoms with Gasteiger partial charge in [0, 0.05) is 17.3 Å². The molecule has 102 valence electrons. The lowest BCUT2D eigenvalue weighted by molar-refractivity contribution is 0.387. The summed E-state index contributed by atoms with van der Waals surface area (Å²) in [5, 5.41) is 6.82. The molecule has 0 bridgehead atoms. The maximum atomic E-state index is 3.84. The molecule has 2 unspecified atom stereocenters. The van der Waals surface area contributed by atoms with Crippen LogP contribution in [0.25, 0.3) is 0 Å². The van der Waals surface area contributed by atoms with Crippen LogP contribution in [-0.4, -0.2) is 11.3 Å². The lowest BCUT2D eigenvalue weighted by Gasteiger charge is -2.30. The van der Waals surface area contributed by atoms with Gasteiger partial charge in [-0.1, -0.05) is 20.8 Å². The first-order valence-corrected chi connectivity index (χ1v) is 8.82. The maximum absolute atomic E-state index is 3.84. The Kier molecular flexibility index (Phi) is 5.16. The molecule has 0 fully saturated rings. The quantitative estimate of drug-likeness (QED) is 0.808. The molecule has 0 spiro atoms. The van der Waals surface area contributed by atoms with Crippen molar-refractivity contribution in [3.63, 3.8) is 0 Å². The van der Waals surface area contributed by atoms with Gasteiger partial charge in [0.2, 0.25) is 0 Å². The van der Waals surface area contributed by atoms with Crippen LogP contribution < -0.4 is 5.32 Å². The van der Waals surface area contributed by atoms with Gasteiger partial charge in [-0.25, -0.2) is 0 Å². The van der Waals surface area contributed by atoms with E-state index in [2.05, 4.69) is 44.5 Å². The summed E-state index contributed by atoms with van der Waals surface area (Å²) in [5.74, 6) is 0.812. The van der Waals surface area contributed by atoms with E-state index in [9.17, 15) is 0 Å². The van der Waals surface area contributed by atoms with Crippen LogP contribution in [0.1, 0.15) is 58.6 Å². The van der Waals surface area contributed by atoms with Crippen molar-refractivity contribution in [3.05, 3.63) is 17.0 Å². The van der Waals surface area contributed by atoms with Gasteiger partial charge in [0.05, 0.1) is 4.21 Å². The summed E-state index contributed by atoms with van der Waals surface area (Å²) >= 11 is 3.95. The van der Waals surface area contributed by atoms with E-state index >= 15 is 0 Å². The molecule has 1 N–H and O–H groups in total. The summed E-state index contributed by atoms with van der Waals surface area (Å²) < 4.78 is 1.53. The van der Waals surface area contributed by atoms with Crippen molar-refractivity contribution in [1.29, 1.82) is 0 Å². The molecule has 0 saturated carbocycles. The monoisotopic (exact) mass is 283 g/mol. The van der Waals surface area contributed by atoms with Crippen molar-refractivity contribution in [2.75, 3.05) is 0 Å². The van der Waals surface area contributed by atoms with Gasteiger partial charge >= 0.3 is 0 Å². The number of nitrogens with one attached hydrogen (secondary N) is 1. The Balaban J connectivity index is 1.93. The molecule has 18 heavy (non-hydrogen) atoms. The van der Waals surface area contributed by atoms with Crippen LogP contribution in [0.4, 0.5) is 0 Å². The van der Waals surface area contributed by atoms with E-state index in [0.717, 1.165) is 11.2 Å². The normalized spacial score (nSPS) is 25.2. The van der Waals surface area contributed by atoms with Crippen molar-refractivity contribution in [1.82, 2.24) is 5.32 Å². The average molecular weight is 284 g/mol. The Labute approximate surface area is 120 Å². The second-order valence-electron chi connectivity index (χ2n) is 5.92.